The maximum atomic E-state index is 13.6. The third kappa shape index (κ3) is 2.68. The average Bonchev–Trinajstić information content (AvgIpc) is 2.52. The van der Waals surface area contributed by atoms with E-state index in [0.29, 0.717) is 5.56 Å². The van der Waals surface area contributed by atoms with Gasteiger partial charge in [-0.2, -0.15) is 0 Å². The number of rotatable bonds is 0. The van der Waals surface area contributed by atoms with Gasteiger partial charge in [0.15, 0.2) is 17.5 Å². The summed E-state index contributed by atoms with van der Waals surface area (Å²) >= 11 is 0. The van der Waals surface area contributed by atoms with E-state index in [0.717, 1.165) is 17.2 Å². The minimum absolute atomic E-state index is 0.0415. The Balaban J connectivity index is 2.03. The highest BCUT2D eigenvalue weighted by molar-refractivity contribution is 5.84. The quantitative estimate of drug-likeness (QED) is 0.406. The van der Waals surface area contributed by atoms with Crippen LogP contribution in [0.1, 0.15) is 16.7 Å². The van der Waals surface area contributed by atoms with E-state index in [2.05, 4.69) is 11.8 Å². The van der Waals surface area contributed by atoms with E-state index in [1.165, 1.54) is 6.07 Å². The summed E-state index contributed by atoms with van der Waals surface area (Å²) in [5, 5.41) is 0.326. The first-order valence-electron chi connectivity index (χ1n) is 6.70. The number of hydrogen-bond donors (Lipinski definition) is 0. The van der Waals surface area contributed by atoms with Crippen LogP contribution in [0.4, 0.5) is 13.2 Å². The molecule has 0 atom stereocenters. The number of aryl methyl sites for hydroxylation is 1. The lowest BCUT2D eigenvalue weighted by Crippen LogP contribution is -1.92. The molecule has 3 rings (SSSR count). The monoisotopic (exact) mass is 296 g/mol. The molecule has 22 heavy (non-hydrogen) atoms. The molecular formula is C19H11F3. The minimum Gasteiger partial charge on any atom is -0.204 e. The summed E-state index contributed by atoms with van der Waals surface area (Å²) in [6, 6.07) is 13.2. The largest absolute Gasteiger partial charge is 0.204 e. The first-order valence-corrected chi connectivity index (χ1v) is 6.70. The molecule has 0 fully saturated rings. The molecule has 0 aliphatic rings. The van der Waals surface area contributed by atoms with Gasteiger partial charge in [-0.25, -0.2) is 13.2 Å². The molecule has 0 saturated carbocycles. The first kappa shape index (κ1) is 14.2. The lowest BCUT2D eigenvalue weighted by atomic mass is 10.1. The third-order valence-electron chi connectivity index (χ3n) is 3.38. The molecule has 0 bridgehead atoms. The van der Waals surface area contributed by atoms with Gasteiger partial charge in [-0.05, 0) is 42.6 Å². The molecule has 0 nitrogen and oxygen atoms in total. The fourth-order valence-corrected chi connectivity index (χ4v) is 2.16. The Hall–Kier alpha value is -2.73. The zero-order valence-corrected chi connectivity index (χ0v) is 11.8. The Morgan fingerprint density at radius 3 is 2.09 bits per heavy atom. The van der Waals surface area contributed by atoms with E-state index in [9.17, 15) is 13.2 Å². The molecule has 3 heteroatoms. The molecule has 3 aromatic rings. The van der Waals surface area contributed by atoms with Gasteiger partial charge in [0.05, 0.1) is 0 Å². The van der Waals surface area contributed by atoms with Crippen molar-refractivity contribution in [1.82, 2.24) is 0 Å². The van der Waals surface area contributed by atoms with Gasteiger partial charge in [-0.1, -0.05) is 35.6 Å². The van der Waals surface area contributed by atoms with Crippen LogP contribution in [0.15, 0.2) is 48.5 Å². The lowest BCUT2D eigenvalue weighted by Gasteiger charge is -2.02. The Kier molecular flexibility index (Phi) is 3.60. The van der Waals surface area contributed by atoms with Crippen molar-refractivity contribution in [3.8, 4) is 11.8 Å². The van der Waals surface area contributed by atoms with Crippen LogP contribution in [0.25, 0.3) is 10.8 Å². The molecule has 0 unspecified atom stereocenters. The Morgan fingerprint density at radius 2 is 1.36 bits per heavy atom. The zero-order valence-electron chi connectivity index (χ0n) is 11.8. The normalized spacial score (nSPS) is 10.4. The van der Waals surface area contributed by atoms with Crippen LogP contribution in [0, 0.1) is 36.2 Å². The fourth-order valence-electron chi connectivity index (χ4n) is 2.16. The van der Waals surface area contributed by atoms with Gasteiger partial charge in [-0.15, -0.1) is 0 Å². The molecule has 0 aliphatic carbocycles. The second-order valence-corrected chi connectivity index (χ2v) is 5.04. The van der Waals surface area contributed by atoms with Crippen molar-refractivity contribution in [2.75, 3.05) is 0 Å². The fraction of sp³-hybridized carbons (Fsp3) is 0.0526. The number of fused-ring (bicyclic) bond motifs is 1. The standard InChI is InChI=1S/C19H11F3/c1-12-2-4-13(5-3-12)6-7-14-8-9-16-15(10-14)11-17(20)19(22)18(16)21/h2-5,8-11H,1H3. The summed E-state index contributed by atoms with van der Waals surface area (Å²) in [5.41, 5.74) is 2.60. The van der Waals surface area contributed by atoms with E-state index in [1.54, 1.807) is 12.1 Å². The van der Waals surface area contributed by atoms with E-state index in [4.69, 9.17) is 0 Å². The van der Waals surface area contributed by atoms with Crippen LogP contribution in [-0.4, -0.2) is 0 Å². The van der Waals surface area contributed by atoms with Crippen molar-refractivity contribution in [2.45, 2.75) is 6.92 Å². The molecule has 0 saturated heterocycles. The highest BCUT2D eigenvalue weighted by Gasteiger charge is 2.13. The first-order chi connectivity index (χ1) is 10.5. The third-order valence-corrected chi connectivity index (χ3v) is 3.38. The smallest absolute Gasteiger partial charge is 0.195 e. The summed E-state index contributed by atoms with van der Waals surface area (Å²) in [6.45, 7) is 1.99. The second-order valence-electron chi connectivity index (χ2n) is 5.04. The molecule has 0 N–H and O–H groups in total. The summed E-state index contributed by atoms with van der Waals surface area (Å²) in [6.07, 6.45) is 0. The highest BCUT2D eigenvalue weighted by Crippen LogP contribution is 2.23. The van der Waals surface area contributed by atoms with Crippen molar-refractivity contribution >= 4 is 10.8 Å². The maximum Gasteiger partial charge on any atom is 0.195 e. The van der Waals surface area contributed by atoms with Gasteiger partial charge < -0.3 is 0 Å². The summed E-state index contributed by atoms with van der Waals surface area (Å²) < 4.78 is 40.1. The summed E-state index contributed by atoms with van der Waals surface area (Å²) in [4.78, 5) is 0. The molecular weight excluding hydrogens is 285 g/mol. The number of hydrogen-bond acceptors (Lipinski definition) is 0. The van der Waals surface area contributed by atoms with Crippen LogP contribution in [0.5, 0.6) is 0 Å². The van der Waals surface area contributed by atoms with E-state index < -0.39 is 17.5 Å². The van der Waals surface area contributed by atoms with Crippen LogP contribution >= 0.6 is 0 Å². The van der Waals surface area contributed by atoms with Gasteiger partial charge in [0.25, 0.3) is 0 Å². The van der Waals surface area contributed by atoms with Crippen molar-refractivity contribution in [3.63, 3.8) is 0 Å². The van der Waals surface area contributed by atoms with Gasteiger partial charge >= 0.3 is 0 Å². The van der Waals surface area contributed by atoms with Gasteiger partial charge in [0.1, 0.15) is 0 Å². The Bertz CT molecular complexity index is 913. The van der Waals surface area contributed by atoms with Crippen LogP contribution in [0.2, 0.25) is 0 Å². The predicted octanol–water partition coefficient (Wildman–Crippen LogP) is 4.97. The maximum absolute atomic E-state index is 13.6. The van der Waals surface area contributed by atoms with Crippen molar-refractivity contribution in [1.29, 1.82) is 0 Å². The predicted molar refractivity (Wildman–Crippen MR) is 81.0 cm³/mol. The molecule has 0 radical (unpaired) electrons. The SMILES string of the molecule is Cc1ccc(C#Cc2ccc3c(F)c(F)c(F)cc3c2)cc1. The van der Waals surface area contributed by atoms with Crippen molar-refractivity contribution in [3.05, 3.63) is 82.7 Å². The topological polar surface area (TPSA) is 0 Å². The van der Waals surface area contributed by atoms with Gasteiger partial charge in [-0.3, -0.25) is 0 Å². The van der Waals surface area contributed by atoms with Crippen molar-refractivity contribution in [2.24, 2.45) is 0 Å². The summed E-state index contributed by atoms with van der Waals surface area (Å²) in [7, 11) is 0. The van der Waals surface area contributed by atoms with Gasteiger partial charge in [0, 0.05) is 16.5 Å². The Morgan fingerprint density at radius 1 is 0.727 bits per heavy atom. The van der Waals surface area contributed by atoms with Crippen LogP contribution < -0.4 is 0 Å². The van der Waals surface area contributed by atoms with Crippen LogP contribution in [-0.2, 0) is 0 Å². The van der Waals surface area contributed by atoms with E-state index in [1.807, 2.05) is 31.2 Å². The molecule has 0 heterocycles. The molecule has 108 valence electrons. The minimum atomic E-state index is -1.45. The number of benzene rings is 3. The number of halogens is 3. The lowest BCUT2D eigenvalue weighted by molar-refractivity contribution is 0.453. The van der Waals surface area contributed by atoms with Crippen LogP contribution in [0.3, 0.4) is 0 Å². The van der Waals surface area contributed by atoms with E-state index >= 15 is 0 Å². The summed E-state index contributed by atoms with van der Waals surface area (Å²) in [5.74, 6) is 2.09. The zero-order chi connectivity index (χ0) is 15.7. The molecule has 3 aromatic carbocycles. The Labute approximate surface area is 126 Å². The second kappa shape index (κ2) is 5.57. The molecule has 0 aliphatic heterocycles. The molecule has 0 aromatic heterocycles. The molecule has 0 spiro atoms. The molecule has 0 amide bonds. The van der Waals surface area contributed by atoms with Crippen molar-refractivity contribution < 1.29 is 13.2 Å². The average molecular weight is 296 g/mol. The highest BCUT2D eigenvalue weighted by atomic mass is 19.2. The van der Waals surface area contributed by atoms with Gasteiger partial charge in [0.2, 0.25) is 0 Å². The van der Waals surface area contributed by atoms with E-state index in [-0.39, 0.29) is 10.8 Å².